The summed E-state index contributed by atoms with van der Waals surface area (Å²) in [6, 6.07) is 5.60. The molecule has 1 unspecified atom stereocenters. The summed E-state index contributed by atoms with van der Waals surface area (Å²) >= 11 is 0. The first-order valence-corrected chi connectivity index (χ1v) is 12.6. The Balaban J connectivity index is 1.55. The first-order chi connectivity index (χ1) is 18.9. The van der Waals surface area contributed by atoms with E-state index in [9.17, 15) is 34.3 Å². The Morgan fingerprint density at radius 3 is 1.82 bits per heavy atom. The second-order valence-corrected chi connectivity index (χ2v) is 9.82. The number of carbonyl (C=O) groups excluding carboxylic acids is 3. The Bertz CT molecular complexity index is 1320. The Hall–Kier alpha value is -3.75. The first-order valence-electron chi connectivity index (χ1n) is 12.6. The van der Waals surface area contributed by atoms with Crippen LogP contribution in [0.2, 0.25) is 0 Å². The van der Waals surface area contributed by atoms with Crippen LogP contribution in [0.1, 0.15) is 52.1 Å². The lowest BCUT2D eigenvalue weighted by atomic mass is 9.78. The minimum atomic E-state index is -1.40. The summed E-state index contributed by atoms with van der Waals surface area (Å²) < 4.78 is 10.3. The quantitative estimate of drug-likeness (QED) is 0.153. The van der Waals surface area contributed by atoms with Gasteiger partial charge in [-0.2, -0.15) is 0 Å². The highest BCUT2D eigenvalue weighted by Crippen LogP contribution is 2.14. The normalized spacial score (nSPS) is 16.8. The molecule has 2 heterocycles. The SMILES string of the molecule is CC(O)[C@H](CC(=O)O)NC(=O)[C@@H](NC(=O)c1ccc2c(c1)B(O)OC2)[C@H](C)NC(=O)c1ccc2c(c1)B(O)OC2. The molecule has 210 valence electrons. The predicted octanol–water partition coefficient (Wildman–Crippen LogP) is -2.62. The number of fused-ring (bicyclic) bond motifs is 2. The average Bonchev–Trinajstić information content (AvgIpc) is 3.47. The number of hydrogen-bond acceptors (Lipinski definition) is 9. The molecule has 2 aromatic carbocycles. The monoisotopic (exact) mass is 553 g/mol. The molecule has 4 rings (SSSR count). The number of aliphatic hydroxyl groups is 1. The lowest BCUT2D eigenvalue weighted by Gasteiger charge is -2.28. The van der Waals surface area contributed by atoms with Crippen LogP contribution in [0.3, 0.4) is 0 Å². The predicted molar refractivity (Wildman–Crippen MR) is 142 cm³/mol. The maximum atomic E-state index is 13.3. The largest absolute Gasteiger partial charge is 0.491 e. The van der Waals surface area contributed by atoms with Crippen LogP contribution in [0, 0.1) is 0 Å². The lowest BCUT2D eigenvalue weighted by Crippen LogP contribution is -2.60. The van der Waals surface area contributed by atoms with Crippen molar-refractivity contribution in [2.45, 2.75) is 57.7 Å². The first kappa shape index (κ1) is 29.2. The lowest BCUT2D eigenvalue weighted by molar-refractivity contribution is -0.138. The third kappa shape index (κ3) is 6.51. The van der Waals surface area contributed by atoms with Gasteiger partial charge in [-0.25, -0.2) is 0 Å². The van der Waals surface area contributed by atoms with Crippen molar-refractivity contribution in [2.24, 2.45) is 0 Å². The zero-order valence-electron chi connectivity index (χ0n) is 21.8. The number of benzene rings is 2. The van der Waals surface area contributed by atoms with Crippen LogP contribution in [-0.4, -0.2) is 82.4 Å². The molecule has 0 saturated heterocycles. The van der Waals surface area contributed by atoms with Gasteiger partial charge in [0.15, 0.2) is 0 Å². The van der Waals surface area contributed by atoms with Gasteiger partial charge in [-0.15, -0.1) is 0 Å². The Labute approximate surface area is 230 Å². The van der Waals surface area contributed by atoms with Gasteiger partial charge in [0.1, 0.15) is 6.04 Å². The Morgan fingerprint density at radius 2 is 1.35 bits per heavy atom. The van der Waals surface area contributed by atoms with Crippen LogP contribution >= 0.6 is 0 Å². The molecular formula is C25H29B2N3O10. The van der Waals surface area contributed by atoms with Gasteiger partial charge in [-0.1, -0.05) is 12.1 Å². The molecule has 2 aliphatic rings. The number of aliphatic carboxylic acids is 1. The van der Waals surface area contributed by atoms with E-state index in [4.69, 9.17) is 14.4 Å². The van der Waals surface area contributed by atoms with Crippen molar-refractivity contribution in [3.8, 4) is 0 Å². The number of hydrogen-bond donors (Lipinski definition) is 7. The highest BCUT2D eigenvalue weighted by atomic mass is 16.5. The number of nitrogens with one attached hydrogen (secondary N) is 3. The van der Waals surface area contributed by atoms with Crippen LogP contribution < -0.4 is 26.9 Å². The third-order valence-electron chi connectivity index (χ3n) is 6.87. The minimum Gasteiger partial charge on any atom is -0.481 e. The number of carbonyl (C=O) groups is 4. The summed E-state index contributed by atoms with van der Waals surface area (Å²) in [6.07, 6.45) is -1.80. The molecule has 0 bridgehead atoms. The second kappa shape index (κ2) is 12.2. The molecule has 7 N–H and O–H groups in total. The van der Waals surface area contributed by atoms with E-state index in [0.29, 0.717) is 16.5 Å². The summed E-state index contributed by atoms with van der Waals surface area (Å²) in [6.45, 7) is 3.18. The molecule has 0 saturated carbocycles. The van der Waals surface area contributed by atoms with E-state index in [1.54, 1.807) is 12.1 Å². The van der Waals surface area contributed by atoms with Gasteiger partial charge < -0.3 is 45.5 Å². The summed E-state index contributed by atoms with van der Waals surface area (Å²) in [5.74, 6) is -3.39. The van der Waals surface area contributed by atoms with Crippen LogP contribution in [0.4, 0.5) is 0 Å². The number of amides is 3. The van der Waals surface area contributed by atoms with E-state index in [1.807, 2.05) is 0 Å². The molecule has 15 heteroatoms. The molecule has 2 aromatic rings. The fourth-order valence-electron chi connectivity index (χ4n) is 4.53. The van der Waals surface area contributed by atoms with Gasteiger partial charge in [0.25, 0.3) is 11.8 Å². The number of carboxylic acids is 1. The van der Waals surface area contributed by atoms with Crippen LogP contribution in [0.15, 0.2) is 36.4 Å². The van der Waals surface area contributed by atoms with E-state index >= 15 is 0 Å². The molecule has 0 aromatic heterocycles. The number of carboxylic acid groups (broad SMARTS) is 1. The maximum absolute atomic E-state index is 13.3. The third-order valence-corrected chi connectivity index (χ3v) is 6.87. The standard InChI is InChI=1S/C25H29B2N3O10/c1-12(28-23(34)14-3-5-16-10-39-26(37)18(16)7-14)22(25(36)29-20(13(2)31)9-21(32)33)30-24(35)15-4-6-17-11-40-27(38)19(17)8-15/h3-8,12-13,20,22,31,37-38H,9-11H2,1-2H3,(H,28,34)(H,29,36)(H,30,35)(H,32,33)/t12-,13?,20-,22-/m0/s1. The van der Waals surface area contributed by atoms with Crippen LogP contribution in [-0.2, 0) is 32.1 Å². The van der Waals surface area contributed by atoms with Crippen molar-refractivity contribution in [1.29, 1.82) is 0 Å². The molecule has 4 atom stereocenters. The minimum absolute atomic E-state index is 0.116. The van der Waals surface area contributed by atoms with Gasteiger partial charge in [-0.3, -0.25) is 19.2 Å². The van der Waals surface area contributed by atoms with E-state index in [-0.39, 0.29) is 24.3 Å². The molecule has 13 nitrogen and oxygen atoms in total. The molecule has 2 aliphatic heterocycles. The fraction of sp³-hybridized carbons (Fsp3) is 0.360. The molecule has 3 amide bonds. The average molecular weight is 553 g/mol. The van der Waals surface area contributed by atoms with E-state index in [2.05, 4.69) is 16.0 Å². The van der Waals surface area contributed by atoms with Crippen molar-refractivity contribution in [3.05, 3.63) is 58.7 Å². The number of rotatable bonds is 10. The molecule has 0 spiro atoms. The van der Waals surface area contributed by atoms with Crippen molar-refractivity contribution in [2.75, 3.05) is 0 Å². The molecule has 0 aliphatic carbocycles. The zero-order valence-corrected chi connectivity index (χ0v) is 21.8. The van der Waals surface area contributed by atoms with Gasteiger partial charge in [0.2, 0.25) is 5.91 Å². The topological polar surface area (TPSA) is 204 Å². The zero-order chi connectivity index (χ0) is 29.1. The summed E-state index contributed by atoms with van der Waals surface area (Å²) in [5, 5.41) is 46.8. The van der Waals surface area contributed by atoms with Crippen LogP contribution in [0.25, 0.3) is 0 Å². The summed E-state index contributed by atoms with van der Waals surface area (Å²) in [4.78, 5) is 50.8. The smallest absolute Gasteiger partial charge is 0.481 e. The summed E-state index contributed by atoms with van der Waals surface area (Å²) in [5.41, 5.74) is 2.59. The van der Waals surface area contributed by atoms with Crippen molar-refractivity contribution in [1.82, 2.24) is 16.0 Å². The highest BCUT2D eigenvalue weighted by Gasteiger charge is 2.34. The molecular weight excluding hydrogens is 524 g/mol. The van der Waals surface area contributed by atoms with E-state index in [0.717, 1.165) is 5.56 Å². The molecule has 40 heavy (non-hydrogen) atoms. The molecule has 0 radical (unpaired) electrons. The number of aliphatic hydroxyl groups excluding tert-OH is 1. The highest BCUT2D eigenvalue weighted by molar-refractivity contribution is 6.62. The van der Waals surface area contributed by atoms with Crippen molar-refractivity contribution < 1.29 is 48.7 Å². The second-order valence-electron chi connectivity index (χ2n) is 9.82. The van der Waals surface area contributed by atoms with Gasteiger partial charge in [0, 0.05) is 11.1 Å². The van der Waals surface area contributed by atoms with Gasteiger partial charge in [0.05, 0.1) is 37.8 Å². The Morgan fingerprint density at radius 1 is 0.850 bits per heavy atom. The van der Waals surface area contributed by atoms with Crippen molar-refractivity contribution >= 4 is 48.9 Å². The van der Waals surface area contributed by atoms with Crippen molar-refractivity contribution in [3.63, 3.8) is 0 Å². The van der Waals surface area contributed by atoms with E-state index < -0.39 is 68.6 Å². The van der Waals surface area contributed by atoms with Crippen LogP contribution in [0.5, 0.6) is 0 Å². The Kier molecular flexibility index (Phi) is 8.91. The van der Waals surface area contributed by atoms with Gasteiger partial charge in [-0.05, 0) is 60.2 Å². The molecule has 0 fully saturated rings. The van der Waals surface area contributed by atoms with Gasteiger partial charge >= 0.3 is 20.2 Å². The fourth-order valence-corrected chi connectivity index (χ4v) is 4.53. The van der Waals surface area contributed by atoms with E-state index in [1.165, 1.54) is 38.1 Å². The summed E-state index contributed by atoms with van der Waals surface area (Å²) in [7, 11) is -2.36. The maximum Gasteiger partial charge on any atom is 0.491 e.